The first-order valence-electron chi connectivity index (χ1n) is 7.69. The molecular formula is C14H26N2O3S. The minimum absolute atomic E-state index is 0.00941. The fourth-order valence-electron chi connectivity index (χ4n) is 3.23. The van der Waals surface area contributed by atoms with Crippen LogP contribution in [0.25, 0.3) is 0 Å². The molecule has 5 nitrogen and oxygen atoms in total. The molecule has 3 unspecified atom stereocenters. The van der Waals surface area contributed by atoms with Crippen LogP contribution in [0.3, 0.4) is 0 Å². The third-order valence-electron chi connectivity index (χ3n) is 4.53. The lowest BCUT2D eigenvalue weighted by molar-refractivity contribution is -0.137. The van der Waals surface area contributed by atoms with Gasteiger partial charge in [0.1, 0.15) is 0 Å². The van der Waals surface area contributed by atoms with Gasteiger partial charge in [-0.05, 0) is 32.7 Å². The monoisotopic (exact) mass is 302 g/mol. The molecule has 0 radical (unpaired) electrons. The number of sulfone groups is 1. The Labute approximate surface area is 122 Å². The van der Waals surface area contributed by atoms with Gasteiger partial charge in [0, 0.05) is 18.6 Å². The fourth-order valence-corrected chi connectivity index (χ4v) is 4.96. The van der Waals surface area contributed by atoms with Gasteiger partial charge in [0.2, 0.25) is 5.91 Å². The van der Waals surface area contributed by atoms with E-state index in [0.29, 0.717) is 13.0 Å². The van der Waals surface area contributed by atoms with Gasteiger partial charge in [-0.25, -0.2) is 8.42 Å². The Morgan fingerprint density at radius 3 is 2.60 bits per heavy atom. The van der Waals surface area contributed by atoms with E-state index in [1.54, 1.807) is 0 Å². The lowest BCUT2D eigenvalue weighted by Gasteiger charge is -2.31. The summed E-state index contributed by atoms with van der Waals surface area (Å²) in [6, 6.07) is 0.0940. The minimum atomic E-state index is -2.95. The van der Waals surface area contributed by atoms with Crippen molar-refractivity contribution in [2.75, 3.05) is 24.6 Å². The van der Waals surface area contributed by atoms with Crippen LogP contribution in [0.5, 0.6) is 0 Å². The number of hydrogen-bond donors (Lipinski definition) is 1. The first-order chi connectivity index (χ1) is 9.44. The Hall–Kier alpha value is -0.620. The van der Waals surface area contributed by atoms with Crippen LogP contribution >= 0.6 is 0 Å². The summed E-state index contributed by atoms with van der Waals surface area (Å²) in [5, 5.41) is 3.30. The molecule has 2 aliphatic rings. The molecule has 2 fully saturated rings. The highest BCUT2D eigenvalue weighted by molar-refractivity contribution is 7.91. The normalized spacial score (nSPS) is 32.4. The van der Waals surface area contributed by atoms with Gasteiger partial charge in [0.15, 0.2) is 9.84 Å². The van der Waals surface area contributed by atoms with Crippen LogP contribution in [-0.2, 0) is 14.6 Å². The van der Waals surface area contributed by atoms with E-state index in [1.165, 1.54) is 0 Å². The average molecular weight is 302 g/mol. The van der Waals surface area contributed by atoms with E-state index in [1.807, 2.05) is 11.8 Å². The molecular weight excluding hydrogens is 276 g/mol. The third kappa shape index (κ3) is 3.52. The Morgan fingerprint density at radius 2 is 2.10 bits per heavy atom. The lowest BCUT2D eigenvalue weighted by atomic mass is 9.99. The zero-order valence-electron chi connectivity index (χ0n) is 12.5. The van der Waals surface area contributed by atoms with Crippen LogP contribution in [0.15, 0.2) is 0 Å². The number of carbonyl (C=O) groups is 1. The molecule has 0 aliphatic carbocycles. The summed E-state index contributed by atoms with van der Waals surface area (Å²) in [7, 11) is -2.95. The molecule has 2 heterocycles. The molecule has 2 rings (SSSR count). The molecule has 0 bridgehead atoms. The van der Waals surface area contributed by atoms with E-state index in [0.717, 1.165) is 25.8 Å². The van der Waals surface area contributed by atoms with Crippen LogP contribution in [0.2, 0.25) is 0 Å². The Morgan fingerprint density at radius 1 is 1.35 bits per heavy atom. The van der Waals surface area contributed by atoms with E-state index in [2.05, 4.69) is 12.2 Å². The first kappa shape index (κ1) is 15.8. The summed E-state index contributed by atoms with van der Waals surface area (Å²) in [5.74, 6) is 0.538. The summed E-state index contributed by atoms with van der Waals surface area (Å²) in [6.07, 6.45) is 3.42. The molecule has 0 spiro atoms. The molecule has 0 aromatic heterocycles. The van der Waals surface area contributed by atoms with E-state index in [4.69, 9.17) is 0 Å². The van der Waals surface area contributed by atoms with Gasteiger partial charge in [-0.2, -0.15) is 0 Å². The number of amides is 1. The van der Waals surface area contributed by atoms with Gasteiger partial charge < -0.3 is 10.2 Å². The lowest BCUT2D eigenvalue weighted by Crippen LogP contribution is -2.47. The van der Waals surface area contributed by atoms with Crippen LogP contribution in [0, 0.1) is 5.92 Å². The Kier molecular flexibility index (Phi) is 5.07. The standard InChI is InChI=1S/C14H26N2O3S/c1-3-4-8-16(12-6-9-20(18,19)10-12)14(17)13-5-7-15-11(13)2/h11-13,15H,3-10H2,1-2H3. The van der Waals surface area contributed by atoms with Crippen molar-refractivity contribution in [3.05, 3.63) is 0 Å². The number of unbranched alkanes of at least 4 members (excludes halogenated alkanes) is 1. The van der Waals surface area contributed by atoms with Crippen molar-refractivity contribution in [3.8, 4) is 0 Å². The Bertz CT molecular complexity index is 449. The summed E-state index contributed by atoms with van der Waals surface area (Å²) in [4.78, 5) is 14.6. The Balaban J connectivity index is 2.08. The number of carbonyl (C=O) groups excluding carboxylic acids is 1. The molecule has 0 aromatic carbocycles. The highest BCUT2D eigenvalue weighted by Gasteiger charge is 2.39. The van der Waals surface area contributed by atoms with E-state index < -0.39 is 9.84 Å². The second kappa shape index (κ2) is 6.43. The van der Waals surface area contributed by atoms with E-state index >= 15 is 0 Å². The van der Waals surface area contributed by atoms with Gasteiger partial charge in [-0.15, -0.1) is 0 Å². The number of nitrogens with zero attached hydrogens (tertiary/aromatic N) is 1. The number of hydrogen-bond acceptors (Lipinski definition) is 4. The third-order valence-corrected chi connectivity index (χ3v) is 6.28. The molecule has 1 amide bonds. The van der Waals surface area contributed by atoms with Crippen molar-refractivity contribution in [1.29, 1.82) is 0 Å². The van der Waals surface area contributed by atoms with Crippen molar-refractivity contribution < 1.29 is 13.2 Å². The predicted molar refractivity (Wildman–Crippen MR) is 79.3 cm³/mol. The zero-order chi connectivity index (χ0) is 14.8. The molecule has 6 heteroatoms. The molecule has 2 saturated heterocycles. The van der Waals surface area contributed by atoms with Crippen LogP contribution in [0.1, 0.15) is 39.5 Å². The fraction of sp³-hybridized carbons (Fsp3) is 0.929. The molecule has 2 aliphatic heterocycles. The summed E-state index contributed by atoms with van der Waals surface area (Å²) < 4.78 is 23.4. The van der Waals surface area contributed by atoms with Crippen molar-refractivity contribution >= 4 is 15.7 Å². The van der Waals surface area contributed by atoms with Gasteiger partial charge in [0.05, 0.1) is 17.4 Å². The highest BCUT2D eigenvalue weighted by Crippen LogP contribution is 2.24. The predicted octanol–water partition coefficient (Wildman–Crippen LogP) is 0.800. The molecule has 3 atom stereocenters. The van der Waals surface area contributed by atoms with Crippen LogP contribution < -0.4 is 5.32 Å². The number of nitrogens with one attached hydrogen (secondary N) is 1. The maximum Gasteiger partial charge on any atom is 0.227 e. The van der Waals surface area contributed by atoms with Crippen molar-refractivity contribution in [2.45, 2.75) is 51.6 Å². The molecule has 116 valence electrons. The molecule has 0 aromatic rings. The smallest absolute Gasteiger partial charge is 0.227 e. The van der Waals surface area contributed by atoms with Crippen molar-refractivity contribution in [1.82, 2.24) is 10.2 Å². The largest absolute Gasteiger partial charge is 0.338 e. The topological polar surface area (TPSA) is 66.5 Å². The van der Waals surface area contributed by atoms with Gasteiger partial charge in [0.25, 0.3) is 0 Å². The molecule has 1 N–H and O–H groups in total. The summed E-state index contributed by atoms with van der Waals surface area (Å²) in [5.41, 5.74) is 0. The summed E-state index contributed by atoms with van der Waals surface area (Å²) >= 11 is 0. The number of rotatable bonds is 5. The summed E-state index contributed by atoms with van der Waals surface area (Å²) in [6.45, 7) is 5.70. The van der Waals surface area contributed by atoms with E-state index in [9.17, 15) is 13.2 Å². The van der Waals surface area contributed by atoms with Crippen LogP contribution in [0.4, 0.5) is 0 Å². The first-order valence-corrected chi connectivity index (χ1v) is 9.51. The molecule has 20 heavy (non-hydrogen) atoms. The molecule has 0 saturated carbocycles. The van der Waals surface area contributed by atoms with Crippen molar-refractivity contribution in [2.24, 2.45) is 5.92 Å². The second-order valence-electron chi connectivity index (χ2n) is 6.08. The van der Waals surface area contributed by atoms with E-state index in [-0.39, 0.29) is 35.4 Å². The highest BCUT2D eigenvalue weighted by atomic mass is 32.2. The van der Waals surface area contributed by atoms with Crippen LogP contribution in [-0.4, -0.2) is 55.9 Å². The van der Waals surface area contributed by atoms with Gasteiger partial charge in [-0.1, -0.05) is 13.3 Å². The quantitative estimate of drug-likeness (QED) is 0.816. The average Bonchev–Trinajstić information content (AvgIpc) is 2.95. The zero-order valence-corrected chi connectivity index (χ0v) is 13.3. The maximum atomic E-state index is 12.8. The maximum absolute atomic E-state index is 12.8. The minimum Gasteiger partial charge on any atom is -0.338 e. The van der Waals surface area contributed by atoms with Gasteiger partial charge in [-0.3, -0.25) is 4.79 Å². The SMILES string of the molecule is CCCCN(C(=O)C1CCNC1C)C1CCS(=O)(=O)C1. The van der Waals surface area contributed by atoms with Crippen molar-refractivity contribution in [3.63, 3.8) is 0 Å². The second-order valence-corrected chi connectivity index (χ2v) is 8.31. The van der Waals surface area contributed by atoms with Gasteiger partial charge >= 0.3 is 0 Å².